The van der Waals surface area contributed by atoms with Gasteiger partial charge in [-0.25, -0.2) is 16.8 Å². The Kier molecular flexibility index (Phi) is 3.28. The van der Waals surface area contributed by atoms with E-state index in [1.165, 1.54) is 0 Å². The SMILES string of the molecule is O=S(=O)(Cl)C1(CCS(=O)(=O)C(F)(F)F)CC1. The second-order valence-electron chi connectivity index (χ2n) is 3.64. The summed E-state index contributed by atoms with van der Waals surface area (Å²) in [6.45, 7) is 0. The van der Waals surface area contributed by atoms with Crippen molar-refractivity contribution in [3.05, 3.63) is 0 Å². The largest absolute Gasteiger partial charge is 0.497 e. The summed E-state index contributed by atoms with van der Waals surface area (Å²) in [6.07, 6.45) is -0.404. The summed E-state index contributed by atoms with van der Waals surface area (Å²) in [5, 5.41) is 0. The highest BCUT2D eigenvalue weighted by atomic mass is 35.7. The molecule has 0 aliphatic heterocycles. The van der Waals surface area contributed by atoms with Gasteiger partial charge in [-0.3, -0.25) is 0 Å². The molecule has 0 heterocycles. The number of hydrogen-bond donors (Lipinski definition) is 0. The van der Waals surface area contributed by atoms with Gasteiger partial charge in [0.15, 0.2) is 0 Å². The third kappa shape index (κ3) is 2.62. The molecular formula is C6H8ClF3O4S2. The van der Waals surface area contributed by atoms with Crippen molar-refractivity contribution in [2.45, 2.75) is 29.5 Å². The molecule has 0 spiro atoms. The van der Waals surface area contributed by atoms with Crippen molar-refractivity contribution < 1.29 is 30.0 Å². The molecule has 96 valence electrons. The molecule has 0 N–H and O–H groups in total. The number of rotatable bonds is 4. The molecule has 1 saturated carbocycles. The average Bonchev–Trinajstić information content (AvgIpc) is 2.77. The zero-order chi connectivity index (χ0) is 12.8. The van der Waals surface area contributed by atoms with Gasteiger partial charge >= 0.3 is 5.51 Å². The summed E-state index contributed by atoms with van der Waals surface area (Å²) >= 11 is 0. The minimum absolute atomic E-state index is 0.103. The maximum atomic E-state index is 12.0. The van der Waals surface area contributed by atoms with Crippen LogP contribution in [0.5, 0.6) is 0 Å². The van der Waals surface area contributed by atoms with Crippen LogP contribution in [0.3, 0.4) is 0 Å². The van der Waals surface area contributed by atoms with Crippen LogP contribution in [0.2, 0.25) is 0 Å². The Morgan fingerprint density at radius 3 is 1.81 bits per heavy atom. The monoisotopic (exact) mass is 300 g/mol. The first-order valence-electron chi connectivity index (χ1n) is 4.15. The Hall–Kier alpha value is -0.0200. The van der Waals surface area contributed by atoms with Crippen molar-refractivity contribution in [3.8, 4) is 0 Å². The molecule has 0 aromatic heterocycles. The molecular weight excluding hydrogens is 293 g/mol. The van der Waals surface area contributed by atoms with Crippen molar-refractivity contribution in [3.63, 3.8) is 0 Å². The lowest BCUT2D eigenvalue weighted by atomic mass is 10.3. The number of sulfone groups is 1. The fourth-order valence-electron chi connectivity index (χ4n) is 1.19. The van der Waals surface area contributed by atoms with Crippen molar-refractivity contribution in [1.29, 1.82) is 0 Å². The van der Waals surface area contributed by atoms with Gasteiger partial charge in [0.25, 0.3) is 0 Å². The molecule has 0 amide bonds. The van der Waals surface area contributed by atoms with Gasteiger partial charge in [-0.1, -0.05) is 0 Å². The molecule has 1 aliphatic rings. The van der Waals surface area contributed by atoms with Gasteiger partial charge in [0.1, 0.15) is 0 Å². The van der Waals surface area contributed by atoms with E-state index in [0.717, 1.165) is 0 Å². The molecule has 10 heteroatoms. The normalized spacial score (nSPS) is 20.8. The number of halogens is 4. The van der Waals surface area contributed by atoms with E-state index < -0.39 is 41.3 Å². The van der Waals surface area contributed by atoms with E-state index in [2.05, 4.69) is 0 Å². The van der Waals surface area contributed by atoms with E-state index in [1.54, 1.807) is 0 Å². The number of alkyl halides is 3. The van der Waals surface area contributed by atoms with Gasteiger partial charge < -0.3 is 0 Å². The van der Waals surface area contributed by atoms with Crippen molar-refractivity contribution in [2.24, 2.45) is 0 Å². The van der Waals surface area contributed by atoms with Crippen LogP contribution in [0.1, 0.15) is 19.3 Å². The van der Waals surface area contributed by atoms with Gasteiger partial charge in [-0.15, -0.1) is 0 Å². The van der Waals surface area contributed by atoms with Crippen LogP contribution in [0, 0.1) is 0 Å². The molecule has 1 fully saturated rings. The molecule has 0 saturated heterocycles. The molecule has 0 aromatic rings. The van der Waals surface area contributed by atoms with Crippen LogP contribution in [-0.4, -0.2) is 32.8 Å². The van der Waals surface area contributed by atoms with Crippen LogP contribution < -0.4 is 0 Å². The van der Waals surface area contributed by atoms with E-state index in [9.17, 15) is 30.0 Å². The summed E-state index contributed by atoms with van der Waals surface area (Å²) in [7, 11) is -4.27. The highest BCUT2D eigenvalue weighted by Gasteiger charge is 2.56. The molecule has 0 radical (unpaired) electrons. The van der Waals surface area contributed by atoms with Gasteiger partial charge in [-0.05, 0) is 19.3 Å². The van der Waals surface area contributed by atoms with Gasteiger partial charge in [0.2, 0.25) is 18.9 Å². The fourth-order valence-corrected chi connectivity index (χ4v) is 3.84. The highest BCUT2D eigenvalue weighted by molar-refractivity contribution is 8.15. The van der Waals surface area contributed by atoms with Crippen LogP contribution >= 0.6 is 10.7 Å². The van der Waals surface area contributed by atoms with Crippen molar-refractivity contribution in [1.82, 2.24) is 0 Å². The molecule has 0 atom stereocenters. The fraction of sp³-hybridized carbons (Fsp3) is 1.00. The third-order valence-corrected chi connectivity index (χ3v) is 6.58. The zero-order valence-corrected chi connectivity index (χ0v) is 10.2. The second kappa shape index (κ2) is 3.74. The van der Waals surface area contributed by atoms with Crippen LogP contribution in [0.4, 0.5) is 13.2 Å². The summed E-state index contributed by atoms with van der Waals surface area (Å²) < 4.78 is 77.7. The highest BCUT2D eigenvalue weighted by Crippen LogP contribution is 2.49. The lowest BCUT2D eigenvalue weighted by Crippen LogP contribution is -2.30. The molecule has 0 aromatic carbocycles. The van der Waals surface area contributed by atoms with Gasteiger partial charge in [0.05, 0.1) is 10.5 Å². The maximum absolute atomic E-state index is 12.0. The van der Waals surface area contributed by atoms with Crippen LogP contribution in [0.15, 0.2) is 0 Å². The number of hydrogen-bond acceptors (Lipinski definition) is 4. The Balaban J connectivity index is 2.75. The second-order valence-corrected chi connectivity index (χ2v) is 8.70. The lowest BCUT2D eigenvalue weighted by Gasteiger charge is -2.12. The molecule has 16 heavy (non-hydrogen) atoms. The zero-order valence-electron chi connectivity index (χ0n) is 7.79. The molecule has 1 rings (SSSR count). The summed E-state index contributed by atoms with van der Waals surface area (Å²) in [6, 6.07) is 0. The Morgan fingerprint density at radius 1 is 1.12 bits per heavy atom. The quantitative estimate of drug-likeness (QED) is 0.736. The van der Waals surface area contributed by atoms with Crippen molar-refractivity contribution >= 4 is 29.6 Å². The topological polar surface area (TPSA) is 68.3 Å². The van der Waals surface area contributed by atoms with Crippen LogP contribution in [-0.2, 0) is 18.9 Å². The predicted molar refractivity (Wildman–Crippen MR) is 51.2 cm³/mol. The van der Waals surface area contributed by atoms with E-state index in [0.29, 0.717) is 0 Å². The van der Waals surface area contributed by atoms with E-state index in [-0.39, 0.29) is 12.8 Å². The minimum Gasteiger partial charge on any atom is -0.220 e. The van der Waals surface area contributed by atoms with Crippen LogP contribution in [0.25, 0.3) is 0 Å². The maximum Gasteiger partial charge on any atom is 0.497 e. The predicted octanol–water partition coefficient (Wildman–Crippen LogP) is 1.41. The van der Waals surface area contributed by atoms with Gasteiger partial charge in [-0.2, -0.15) is 13.2 Å². The summed E-state index contributed by atoms with van der Waals surface area (Å²) in [5.41, 5.74) is -5.35. The Bertz CT molecular complexity index is 474. The lowest BCUT2D eigenvalue weighted by molar-refractivity contribution is -0.0435. The average molecular weight is 301 g/mol. The minimum atomic E-state index is -5.35. The third-order valence-electron chi connectivity index (χ3n) is 2.50. The van der Waals surface area contributed by atoms with Crippen molar-refractivity contribution in [2.75, 3.05) is 5.75 Å². The van der Waals surface area contributed by atoms with Gasteiger partial charge in [0, 0.05) is 10.7 Å². The molecule has 0 bridgehead atoms. The van der Waals surface area contributed by atoms with E-state index >= 15 is 0 Å². The Labute approximate surface area is 95.1 Å². The first kappa shape index (κ1) is 14.0. The van der Waals surface area contributed by atoms with E-state index in [1.807, 2.05) is 0 Å². The molecule has 4 nitrogen and oxygen atoms in total. The first-order valence-corrected chi connectivity index (χ1v) is 8.11. The Morgan fingerprint density at radius 2 is 1.56 bits per heavy atom. The first-order chi connectivity index (χ1) is 6.91. The summed E-state index contributed by atoms with van der Waals surface area (Å²) in [5.74, 6) is -1.25. The van der Waals surface area contributed by atoms with E-state index in [4.69, 9.17) is 10.7 Å². The standard InChI is InChI=1S/C6H8ClF3O4S2/c7-16(13,14)5(1-2-5)3-4-15(11,12)6(8,9)10/h1-4H2. The summed E-state index contributed by atoms with van der Waals surface area (Å²) in [4.78, 5) is 0. The molecule has 1 aliphatic carbocycles. The smallest absolute Gasteiger partial charge is 0.220 e. The molecule has 0 unspecified atom stereocenters.